The molecule has 2 aromatic heterocycles. The standard InChI is InChI=1S/C23H29N5O/c1-4-17-7-9-18(10-8-17)14-25-23(29)19-6-5-13-28(15-19)22-21-20(11-12-24-22)16(2)26-27(21)3/h7-12,19H,4-6,13-15H2,1-3H3,(H,25,29). The Morgan fingerprint density at radius 2 is 1.97 bits per heavy atom. The van der Waals surface area contributed by atoms with Gasteiger partial charge in [-0.2, -0.15) is 5.10 Å². The number of hydrogen-bond acceptors (Lipinski definition) is 4. The van der Waals surface area contributed by atoms with Gasteiger partial charge in [-0.1, -0.05) is 31.2 Å². The molecule has 152 valence electrons. The van der Waals surface area contributed by atoms with Gasteiger partial charge in [-0.15, -0.1) is 0 Å². The molecule has 1 amide bonds. The monoisotopic (exact) mass is 391 g/mol. The predicted octanol–water partition coefficient (Wildman–Crippen LogP) is 3.37. The van der Waals surface area contributed by atoms with E-state index in [1.54, 1.807) is 0 Å². The van der Waals surface area contributed by atoms with Crippen LogP contribution in [0.5, 0.6) is 0 Å². The molecule has 1 aliphatic rings. The number of rotatable bonds is 5. The van der Waals surface area contributed by atoms with Gasteiger partial charge in [0.05, 0.1) is 11.6 Å². The van der Waals surface area contributed by atoms with E-state index in [-0.39, 0.29) is 11.8 Å². The molecule has 6 heteroatoms. The Labute approximate surface area is 171 Å². The third-order valence-electron chi connectivity index (χ3n) is 5.91. The molecular weight excluding hydrogens is 362 g/mol. The van der Waals surface area contributed by atoms with Crippen molar-refractivity contribution >= 4 is 22.6 Å². The van der Waals surface area contributed by atoms with Crippen LogP contribution in [0.2, 0.25) is 0 Å². The molecule has 3 aromatic rings. The van der Waals surface area contributed by atoms with Crippen LogP contribution in [0.3, 0.4) is 0 Å². The molecule has 6 nitrogen and oxygen atoms in total. The minimum Gasteiger partial charge on any atom is -0.354 e. The molecule has 0 spiro atoms. The molecule has 1 atom stereocenters. The van der Waals surface area contributed by atoms with Crippen molar-refractivity contribution < 1.29 is 4.79 Å². The van der Waals surface area contributed by atoms with Crippen LogP contribution in [-0.4, -0.2) is 33.8 Å². The number of carbonyl (C=O) groups is 1. The zero-order valence-electron chi connectivity index (χ0n) is 17.5. The zero-order valence-corrected chi connectivity index (χ0v) is 17.5. The molecule has 4 rings (SSSR count). The number of aryl methyl sites for hydroxylation is 3. The fraction of sp³-hybridized carbons (Fsp3) is 0.435. The van der Waals surface area contributed by atoms with Crippen molar-refractivity contribution in [3.63, 3.8) is 0 Å². The lowest BCUT2D eigenvalue weighted by molar-refractivity contribution is -0.125. The number of benzene rings is 1. The molecule has 1 fully saturated rings. The van der Waals surface area contributed by atoms with Gasteiger partial charge in [0.25, 0.3) is 0 Å². The van der Waals surface area contributed by atoms with Gasteiger partial charge in [0.2, 0.25) is 5.91 Å². The Morgan fingerprint density at radius 3 is 2.72 bits per heavy atom. The number of nitrogens with zero attached hydrogens (tertiary/aromatic N) is 4. The first-order valence-electron chi connectivity index (χ1n) is 10.5. The lowest BCUT2D eigenvalue weighted by Gasteiger charge is -2.33. The molecule has 1 aromatic carbocycles. The van der Waals surface area contributed by atoms with Crippen LogP contribution in [0.25, 0.3) is 10.9 Å². The van der Waals surface area contributed by atoms with E-state index in [4.69, 9.17) is 0 Å². The second kappa shape index (κ2) is 8.23. The normalized spacial score (nSPS) is 16.9. The van der Waals surface area contributed by atoms with E-state index in [0.29, 0.717) is 13.1 Å². The zero-order chi connectivity index (χ0) is 20.4. The number of anilines is 1. The maximum absolute atomic E-state index is 12.8. The third-order valence-corrected chi connectivity index (χ3v) is 5.91. The third kappa shape index (κ3) is 3.97. The van der Waals surface area contributed by atoms with Gasteiger partial charge in [-0.25, -0.2) is 4.98 Å². The molecule has 1 N–H and O–H groups in total. The summed E-state index contributed by atoms with van der Waals surface area (Å²) in [5.74, 6) is 1.03. The molecule has 3 heterocycles. The number of pyridine rings is 1. The minimum atomic E-state index is -0.0231. The van der Waals surface area contributed by atoms with Crippen molar-refractivity contribution in [1.29, 1.82) is 0 Å². The number of hydrogen-bond donors (Lipinski definition) is 1. The highest BCUT2D eigenvalue weighted by atomic mass is 16.1. The summed E-state index contributed by atoms with van der Waals surface area (Å²) < 4.78 is 1.90. The van der Waals surface area contributed by atoms with Gasteiger partial charge in [-0.3, -0.25) is 9.48 Å². The molecule has 1 aliphatic heterocycles. The van der Waals surface area contributed by atoms with Crippen molar-refractivity contribution in [3.05, 3.63) is 53.3 Å². The first-order valence-corrected chi connectivity index (χ1v) is 10.5. The van der Waals surface area contributed by atoms with E-state index in [0.717, 1.165) is 53.8 Å². The van der Waals surface area contributed by atoms with Crippen LogP contribution in [-0.2, 0) is 24.8 Å². The molecule has 0 radical (unpaired) electrons. The molecule has 0 saturated carbocycles. The first kappa shape index (κ1) is 19.4. The van der Waals surface area contributed by atoms with Gasteiger partial charge in [-0.05, 0) is 43.4 Å². The van der Waals surface area contributed by atoms with Gasteiger partial charge >= 0.3 is 0 Å². The minimum absolute atomic E-state index is 0.0231. The summed E-state index contributed by atoms with van der Waals surface area (Å²) in [5.41, 5.74) is 4.50. The maximum atomic E-state index is 12.8. The first-order chi connectivity index (χ1) is 14.1. The van der Waals surface area contributed by atoms with Crippen molar-refractivity contribution in [2.24, 2.45) is 13.0 Å². The summed E-state index contributed by atoms with van der Waals surface area (Å²) in [5, 5.41) is 8.80. The quantitative estimate of drug-likeness (QED) is 0.724. The second-order valence-corrected chi connectivity index (χ2v) is 7.91. The molecule has 1 unspecified atom stereocenters. The summed E-state index contributed by atoms with van der Waals surface area (Å²) in [7, 11) is 1.96. The van der Waals surface area contributed by atoms with Crippen molar-refractivity contribution in [3.8, 4) is 0 Å². The van der Waals surface area contributed by atoms with Gasteiger partial charge in [0.1, 0.15) is 5.52 Å². The fourth-order valence-electron chi connectivity index (χ4n) is 4.22. The van der Waals surface area contributed by atoms with Gasteiger partial charge < -0.3 is 10.2 Å². The summed E-state index contributed by atoms with van der Waals surface area (Å²) in [6.45, 7) is 6.35. The topological polar surface area (TPSA) is 63.1 Å². The van der Waals surface area contributed by atoms with Gasteiger partial charge in [0, 0.05) is 38.3 Å². The van der Waals surface area contributed by atoms with E-state index in [2.05, 4.69) is 51.5 Å². The Balaban J connectivity index is 1.45. The number of amides is 1. The average molecular weight is 392 g/mol. The SMILES string of the molecule is CCc1ccc(CNC(=O)C2CCCN(c3nccc4c(C)nn(C)c34)C2)cc1. The van der Waals surface area contributed by atoms with Crippen molar-refractivity contribution in [1.82, 2.24) is 20.1 Å². The van der Waals surface area contributed by atoms with E-state index in [1.807, 2.05) is 30.9 Å². The van der Waals surface area contributed by atoms with E-state index < -0.39 is 0 Å². The van der Waals surface area contributed by atoms with Crippen LogP contribution in [0.15, 0.2) is 36.5 Å². The van der Waals surface area contributed by atoms with Crippen molar-refractivity contribution in [2.75, 3.05) is 18.0 Å². The highest BCUT2D eigenvalue weighted by Crippen LogP contribution is 2.29. The molecule has 0 aliphatic carbocycles. The molecular formula is C23H29N5O. The van der Waals surface area contributed by atoms with Crippen LogP contribution >= 0.6 is 0 Å². The number of nitrogens with one attached hydrogen (secondary N) is 1. The highest BCUT2D eigenvalue weighted by molar-refractivity contribution is 5.91. The smallest absolute Gasteiger partial charge is 0.225 e. The summed E-state index contributed by atoms with van der Waals surface area (Å²) in [6.07, 6.45) is 4.77. The number of carbonyl (C=O) groups excluding carboxylic acids is 1. The number of fused-ring (bicyclic) bond motifs is 1. The highest BCUT2D eigenvalue weighted by Gasteiger charge is 2.28. The Kier molecular flexibility index (Phi) is 5.51. The lowest BCUT2D eigenvalue weighted by atomic mass is 9.96. The van der Waals surface area contributed by atoms with Crippen LogP contribution in [0.4, 0.5) is 5.82 Å². The Bertz CT molecular complexity index is 1010. The fourth-order valence-corrected chi connectivity index (χ4v) is 4.22. The van der Waals surface area contributed by atoms with E-state index in [9.17, 15) is 4.79 Å². The van der Waals surface area contributed by atoms with Crippen LogP contribution < -0.4 is 10.2 Å². The average Bonchev–Trinajstić information content (AvgIpc) is 3.06. The molecule has 1 saturated heterocycles. The molecule has 0 bridgehead atoms. The summed E-state index contributed by atoms with van der Waals surface area (Å²) >= 11 is 0. The summed E-state index contributed by atoms with van der Waals surface area (Å²) in [6, 6.07) is 10.5. The van der Waals surface area contributed by atoms with Crippen LogP contribution in [0.1, 0.15) is 36.6 Å². The van der Waals surface area contributed by atoms with Gasteiger partial charge in [0.15, 0.2) is 5.82 Å². The number of aromatic nitrogens is 3. The van der Waals surface area contributed by atoms with E-state index in [1.165, 1.54) is 5.56 Å². The Hall–Kier alpha value is -2.89. The predicted molar refractivity (Wildman–Crippen MR) is 116 cm³/mol. The molecule has 29 heavy (non-hydrogen) atoms. The summed E-state index contributed by atoms with van der Waals surface area (Å²) in [4.78, 5) is 19.7. The Morgan fingerprint density at radius 1 is 1.21 bits per heavy atom. The second-order valence-electron chi connectivity index (χ2n) is 7.91. The lowest BCUT2D eigenvalue weighted by Crippen LogP contribution is -2.43. The van der Waals surface area contributed by atoms with Crippen LogP contribution in [0, 0.1) is 12.8 Å². The van der Waals surface area contributed by atoms with Crippen molar-refractivity contribution in [2.45, 2.75) is 39.7 Å². The maximum Gasteiger partial charge on any atom is 0.225 e. The largest absolute Gasteiger partial charge is 0.354 e. The van der Waals surface area contributed by atoms with E-state index >= 15 is 0 Å². The number of piperidine rings is 1.